The Kier molecular flexibility index (Phi) is 12.5. The molecule has 0 heterocycles. The van der Waals surface area contributed by atoms with E-state index in [-0.39, 0.29) is 17.8 Å². The smallest absolute Gasteiger partial charge is 0.326 e. The molecule has 0 aromatic heterocycles. The standard InChI is InChI=1S/C21H39N5O6/c1-7-12(6)17(21(31)32)26-19(29)14(9-15(23)27)24-20(30)16(11(4)5)25-18(28)13(22)8-10(2)3/h10-14,16-17H,7-9,22H2,1-6H3,(H2,23,27)(H,24,30)(H,25,28)(H,26,29)(H,31,32). The van der Waals surface area contributed by atoms with Crippen LogP contribution in [0.1, 0.15) is 60.8 Å². The zero-order valence-electron chi connectivity index (χ0n) is 19.8. The van der Waals surface area contributed by atoms with Crippen LogP contribution in [0.4, 0.5) is 0 Å². The van der Waals surface area contributed by atoms with Crippen molar-refractivity contribution < 1.29 is 29.1 Å². The van der Waals surface area contributed by atoms with Gasteiger partial charge in [-0.15, -0.1) is 0 Å². The van der Waals surface area contributed by atoms with Crippen LogP contribution in [0.2, 0.25) is 0 Å². The lowest BCUT2D eigenvalue weighted by Crippen LogP contribution is -2.59. The summed E-state index contributed by atoms with van der Waals surface area (Å²) in [4.78, 5) is 60.9. The topological polar surface area (TPSA) is 194 Å². The van der Waals surface area contributed by atoms with Gasteiger partial charge >= 0.3 is 5.97 Å². The Balaban J connectivity index is 5.49. The van der Waals surface area contributed by atoms with E-state index in [1.807, 2.05) is 13.8 Å². The lowest BCUT2D eigenvalue weighted by atomic mass is 9.98. The molecule has 0 saturated carbocycles. The second kappa shape index (κ2) is 13.7. The normalized spacial score (nSPS) is 15.9. The van der Waals surface area contributed by atoms with Crippen LogP contribution >= 0.6 is 0 Å². The molecule has 0 saturated heterocycles. The maximum atomic E-state index is 12.9. The van der Waals surface area contributed by atoms with Crippen molar-refractivity contribution >= 4 is 29.6 Å². The highest BCUT2D eigenvalue weighted by molar-refractivity contribution is 5.96. The van der Waals surface area contributed by atoms with Gasteiger partial charge in [0, 0.05) is 0 Å². The van der Waals surface area contributed by atoms with Crippen molar-refractivity contribution in [2.24, 2.45) is 29.2 Å². The predicted octanol–water partition coefficient (Wildman–Crippen LogP) is -0.524. The van der Waals surface area contributed by atoms with Crippen LogP contribution < -0.4 is 27.4 Å². The molecule has 32 heavy (non-hydrogen) atoms. The molecule has 0 aliphatic rings. The number of hydrogen-bond acceptors (Lipinski definition) is 6. The Morgan fingerprint density at radius 1 is 0.844 bits per heavy atom. The van der Waals surface area contributed by atoms with E-state index in [0.29, 0.717) is 12.8 Å². The van der Waals surface area contributed by atoms with E-state index < -0.39 is 60.2 Å². The number of carbonyl (C=O) groups excluding carboxylic acids is 4. The first-order valence-corrected chi connectivity index (χ1v) is 10.9. The highest BCUT2D eigenvalue weighted by Crippen LogP contribution is 2.10. The zero-order valence-corrected chi connectivity index (χ0v) is 19.8. The molecule has 0 bridgehead atoms. The summed E-state index contributed by atoms with van der Waals surface area (Å²) in [5.74, 6) is -4.71. The van der Waals surface area contributed by atoms with Crippen molar-refractivity contribution in [1.29, 1.82) is 0 Å². The minimum atomic E-state index is -1.40. The summed E-state index contributed by atoms with van der Waals surface area (Å²) in [6.45, 7) is 10.7. The lowest BCUT2D eigenvalue weighted by Gasteiger charge is -2.27. The molecule has 0 spiro atoms. The fourth-order valence-electron chi connectivity index (χ4n) is 3.02. The first-order chi connectivity index (χ1) is 14.7. The molecule has 4 amide bonds. The van der Waals surface area contributed by atoms with Crippen LogP contribution in [0.3, 0.4) is 0 Å². The van der Waals surface area contributed by atoms with Crippen LogP contribution in [0, 0.1) is 17.8 Å². The summed E-state index contributed by atoms with van der Waals surface area (Å²) in [6, 6.07) is -4.42. The third-order valence-corrected chi connectivity index (χ3v) is 5.12. The maximum Gasteiger partial charge on any atom is 0.326 e. The number of nitrogens with one attached hydrogen (secondary N) is 3. The third kappa shape index (κ3) is 10.1. The highest BCUT2D eigenvalue weighted by Gasteiger charge is 2.33. The molecule has 0 aromatic rings. The lowest BCUT2D eigenvalue weighted by molar-refractivity contribution is -0.144. The van der Waals surface area contributed by atoms with Crippen molar-refractivity contribution in [3.05, 3.63) is 0 Å². The van der Waals surface area contributed by atoms with Gasteiger partial charge in [0.05, 0.1) is 12.5 Å². The van der Waals surface area contributed by atoms with Gasteiger partial charge in [0.15, 0.2) is 0 Å². The molecule has 5 unspecified atom stereocenters. The number of carbonyl (C=O) groups is 5. The van der Waals surface area contributed by atoms with E-state index in [1.165, 1.54) is 0 Å². The van der Waals surface area contributed by atoms with Crippen LogP contribution in [-0.4, -0.2) is 58.9 Å². The average Bonchev–Trinajstić information content (AvgIpc) is 2.66. The van der Waals surface area contributed by atoms with Gasteiger partial charge in [0.2, 0.25) is 23.6 Å². The summed E-state index contributed by atoms with van der Waals surface area (Å²) in [6.07, 6.45) is 0.384. The summed E-state index contributed by atoms with van der Waals surface area (Å²) in [7, 11) is 0. The molecule has 0 aliphatic carbocycles. The van der Waals surface area contributed by atoms with Crippen LogP contribution in [0.15, 0.2) is 0 Å². The first kappa shape index (κ1) is 29.3. The second-order valence-corrected chi connectivity index (χ2v) is 8.91. The quantitative estimate of drug-likeness (QED) is 0.202. The van der Waals surface area contributed by atoms with Crippen LogP contribution in [-0.2, 0) is 24.0 Å². The van der Waals surface area contributed by atoms with Crippen molar-refractivity contribution in [1.82, 2.24) is 16.0 Å². The van der Waals surface area contributed by atoms with Gasteiger partial charge in [-0.2, -0.15) is 0 Å². The minimum absolute atomic E-state index is 0.179. The Morgan fingerprint density at radius 2 is 1.38 bits per heavy atom. The van der Waals surface area contributed by atoms with Gasteiger partial charge in [-0.1, -0.05) is 48.0 Å². The largest absolute Gasteiger partial charge is 0.480 e. The van der Waals surface area contributed by atoms with E-state index in [2.05, 4.69) is 16.0 Å². The summed E-state index contributed by atoms with van der Waals surface area (Å²) >= 11 is 0. The van der Waals surface area contributed by atoms with E-state index in [1.54, 1.807) is 27.7 Å². The molecule has 0 radical (unpaired) electrons. The van der Waals surface area contributed by atoms with Gasteiger partial charge in [-0.05, 0) is 24.2 Å². The molecule has 11 heteroatoms. The van der Waals surface area contributed by atoms with Crippen molar-refractivity contribution in [3.8, 4) is 0 Å². The highest BCUT2D eigenvalue weighted by atomic mass is 16.4. The number of aliphatic carboxylic acids is 1. The number of amides is 4. The molecule has 5 atom stereocenters. The fraction of sp³-hybridized carbons (Fsp3) is 0.762. The second-order valence-electron chi connectivity index (χ2n) is 8.91. The molecule has 0 fully saturated rings. The van der Waals surface area contributed by atoms with Crippen LogP contribution in [0.25, 0.3) is 0 Å². The van der Waals surface area contributed by atoms with Gasteiger partial charge in [-0.25, -0.2) is 4.79 Å². The Bertz CT molecular complexity index is 682. The third-order valence-electron chi connectivity index (χ3n) is 5.12. The zero-order chi connectivity index (χ0) is 25.2. The van der Waals surface area contributed by atoms with Crippen molar-refractivity contribution in [2.45, 2.75) is 85.0 Å². The molecule has 184 valence electrons. The number of nitrogens with two attached hydrogens (primary N) is 2. The number of carboxylic acids is 1. The molecular weight excluding hydrogens is 418 g/mol. The Hall–Kier alpha value is -2.69. The number of primary amides is 1. The molecule has 0 rings (SSSR count). The van der Waals surface area contributed by atoms with E-state index in [4.69, 9.17) is 11.5 Å². The van der Waals surface area contributed by atoms with Gasteiger partial charge in [0.25, 0.3) is 0 Å². The van der Waals surface area contributed by atoms with E-state index >= 15 is 0 Å². The van der Waals surface area contributed by atoms with E-state index in [0.717, 1.165) is 0 Å². The average molecular weight is 458 g/mol. The first-order valence-electron chi connectivity index (χ1n) is 10.9. The number of rotatable bonds is 14. The van der Waals surface area contributed by atoms with Gasteiger partial charge in [-0.3, -0.25) is 19.2 Å². The summed E-state index contributed by atoms with van der Waals surface area (Å²) in [5, 5.41) is 16.8. The molecule has 0 aliphatic heterocycles. The molecule has 0 aromatic carbocycles. The summed E-state index contributed by atoms with van der Waals surface area (Å²) in [5.41, 5.74) is 11.1. The Morgan fingerprint density at radius 3 is 1.78 bits per heavy atom. The van der Waals surface area contributed by atoms with Crippen molar-refractivity contribution in [3.63, 3.8) is 0 Å². The monoisotopic (exact) mass is 457 g/mol. The van der Waals surface area contributed by atoms with E-state index in [9.17, 15) is 29.1 Å². The number of carboxylic acid groups (broad SMARTS) is 1. The van der Waals surface area contributed by atoms with Crippen LogP contribution in [0.5, 0.6) is 0 Å². The molecule has 8 N–H and O–H groups in total. The van der Waals surface area contributed by atoms with Crippen molar-refractivity contribution in [2.75, 3.05) is 0 Å². The maximum absolute atomic E-state index is 12.9. The summed E-state index contributed by atoms with van der Waals surface area (Å²) < 4.78 is 0. The predicted molar refractivity (Wildman–Crippen MR) is 119 cm³/mol. The van der Waals surface area contributed by atoms with Gasteiger partial charge < -0.3 is 32.5 Å². The SMILES string of the molecule is CCC(C)C(NC(=O)C(CC(N)=O)NC(=O)C(NC(=O)C(N)CC(C)C)C(C)C)C(=O)O. The molecule has 11 nitrogen and oxygen atoms in total. The Labute approximate surface area is 189 Å². The molecular formula is C21H39N5O6. The van der Waals surface area contributed by atoms with Gasteiger partial charge in [0.1, 0.15) is 18.1 Å². The minimum Gasteiger partial charge on any atom is -0.480 e. The number of hydrogen-bond donors (Lipinski definition) is 6. The fourth-order valence-corrected chi connectivity index (χ4v) is 3.02.